The average molecular weight is 321 g/mol. The number of nitriles is 1. The molecular formula is C19H16FN3O. The molecule has 0 aliphatic carbocycles. The molecule has 3 rings (SSSR count). The van der Waals surface area contributed by atoms with E-state index in [0.717, 1.165) is 11.1 Å². The Bertz CT molecular complexity index is 949. The number of carbonyl (C=O) groups excluding carboxylic acids is 1. The van der Waals surface area contributed by atoms with E-state index in [2.05, 4.69) is 10.3 Å². The molecule has 4 nitrogen and oxygen atoms in total. The number of aromatic amines is 1. The maximum absolute atomic E-state index is 13.6. The minimum Gasteiger partial charge on any atom is -0.361 e. The van der Waals surface area contributed by atoms with Crippen LogP contribution in [-0.4, -0.2) is 10.9 Å². The van der Waals surface area contributed by atoms with Gasteiger partial charge in [0.2, 0.25) is 5.91 Å². The normalized spacial score (nSPS) is 11.2. The van der Waals surface area contributed by atoms with Crippen LogP contribution in [0.4, 0.5) is 10.1 Å². The van der Waals surface area contributed by atoms with E-state index in [4.69, 9.17) is 5.26 Å². The van der Waals surface area contributed by atoms with E-state index in [1.165, 1.54) is 12.1 Å². The van der Waals surface area contributed by atoms with Gasteiger partial charge in [-0.2, -0.15) is 5.26 Å². The van der Waals surface area contributed by atoms with Gasteiger partial charge in [0, 0.05) is 22.8 Å². The number of H-pyrrole nitrogens is 1. The first-order valence-electron chi connectivity index (χ1n) is 7.50. The molecule has 5 heteroatoms. The van der Waals surface area contributed by atoms with E-state index in [1.807, 2.05) is 6.07 Å². The summed E-state index contributed by atoms with van der Waals surface area (Å²) in [6.07, 6.45) is 1.74. The predicted octanol–water partition coefficient (Wildman–Crippen LogP) is 4.09. The summed E-state index contributed by atoms with van der Waals surface area (Å²) in [5, 5.41) is 12.4. The highest BCUT2D eigenvalue weighted by Gasteiger charge is 2.32. The van der Waals surface area contributed by atoms with Crippen molar-refractivity contribution in [3.8, 4) is 6.07 Å². The van der Waals surface area contributed by atoms with Gasteiger partial charge in [-0.05, 0) is 61.9 Å². The Kier molecular flexibility index (Phi) is 3.82. The zero-order chi connectivity index (χ0) is 17.3. The molecule has 0 aliphatic rings. The van der Waals surface area contributed by atoms with Crippen molar-refractivity contribution in [3.05, 3.63) is 65.6 Å². The van der Waals surface area contributed by atoms with Gasteiger partial charge < -0.3 is 10.3 Å². The summed E-state index contributed by atoms with van der Waals surface area (Å²) in [6.45, 7) is 3.58. The van der Waals surface area contributed by atoms with Crippen LogP contribution >= 0.6 is 0 Å². The third-order valence-electron chi connectivity index (χ3n) is 4.16. The number of nitrogens with zero attached hydrogens (tertiary/aromatic N) is 1. The van der Waals surface area contributed by atoms with Crippen molar-refractivity contribution >= 4 is 22.5 Å². The number of rotatable bonds is 3. The molecule has 0 fully saturated rings. The van der Waals surface area contributed by atoms with Gasteiger partial charge in [-0.25, -0.2) is 4.39 Å². The highest BCUT2D eigenvalue weighted by Crippen LogP contribution is 2.32. The molecule has 0 saturated carbocycles. The topological polar surface area (TPSA) is 68.7 Å². The van der Waals surface area contributed by atoms with Crippen molar-refractivity contribution in [2.24, 2.45) is 0 Å². The summed E-state index contributed by atoms with van der Waals surface area (Å²) in [5.74, 6) is -0.552. The van der Waals surface area contributed by atoms with Crippen LogP contribution in [0.25, 0.3) is 10.9 Å². The predicted molar refractivity (Wildman–Crippen MR) is 91.1 cm³/mol. The molecule has 0 atom stereocenters. The fraction of sp³-hybridized carbons (Fsp3) is 0.158. The second kappa shape index (κ2) is 5.82. The molecule has 0 radical (unpaired) electrons. The molecule has 0 spiro atoms. The molecule has 24 heavy (non-hydrogen) atoms. The molecule has 1 amide bonds. The number of amides is 1. The molecule has 120 valence electrons. The molecule has 0 bridgehead atoms. The average Bonchev–Trinajstić information content (AvgIpc) is 2.99. The number of nitrogens with one attached hydrogen (secondary N) is 2. The summed E-state index contributed by atoms with van der Waals surface area (Å²) in [4.78, 5) is 15.8. The van der Waals surface area contributed by atoms with Crippen LogP contribution < -0.4 is 5.32 Å². The van der Waals surface area contributed by atoms with Crippen LogP contribution in [0.2, 0.25) is 0 Å². The van der Waals surface area contributed by atoms with Gasteiger partial charge in [0.05, 0.1) is 17.0 Å². The van der Waals surface area contributed by atoms with Crippen LogP contribution in [-0.2, 0) is 10.2 Å². The van der Waals surface area contributed by atoms with E-state index < -0.39 is 5.41 Å². The van der Waals surface area contributed by atoms with E-state index in [0.29, 0.717) is 16.6 Å². The lowest BCUT2D eigenvalue weighted by Gasteiger charge is -2.23. The SMILES string of the molecule is CC(C)(C(=O)Nc1ccc(C#N)cc1)c1c[nH]c2ccc(F)cc12. The maximum atomic E-state index is 13.6. The largest absolute Gasteiger partial charge is 0.361 e. The fourth-order valence-corrected chi connectivity index (χ4v) is 2.65. The first-order chi connectivity index (χ1) is 11.4. The molecule has 0 unspecified atom stereocenters. The van der Waals surface area contributed by atoms with Crippen molar-refractivity contribution in [1.82, 2.24) is 4.98 Å². The number of carbonyl (C=O) groups is 1. The Balaban J connectivity index is 1.91. The molecular weight excluding hydrogens is 305 g/mol. The van der Waals surface area contributed by atoms with Gasteiger partial charge in [0.1, 0.15) is 5.82 Å². The molecule has 0 aliphatic heterocycles. The summed E-state index contributed by atoms with van der Waals surface area (Å²) < 4.78 is 13.6. The second-order valence-electron chi connectivity index (χ2n) is 6.16. The van der Waals surface area contributed by atoms with E-state index in [1.54, 1.807) is 50.4 Å². The number of anilines is 1. The van der Waals surface area contributed by atoms with Crippen LogP contribution in [0.1, 0.15) is 25.0 Å². The van der Waals surface area contributed by atoms with E-state index in [9.17, 15) is 9.18 Å². The van der Waals surface area contributed by atoms with Crippen molar-refractivity contribution in [1.29, 1.82) is 5.26 Å². The van der Waals surface area contributed by atoms with Crippen LogP contribution in [0.15, 0.2) is 48.7 Å². The summed E-state index contributed by atoms with van der Waals surface area (Å²) in [7, 11) is 0. The van der Waals surface area contributed by atoms with Crippen molar-refractivity contribution in [2.45, 2.75) is 19.3 Å². The maximum Gasteiger partial charge on any atom is 0.234 e. The number of fused-ring (bicyclic) bond motifs is 1. The molecule has 3 aromatic rings. The highest BCUT2D eigenvalue weighted by molar-refractivity contribution is 6.01. The summed E-state index contributed by atoms with van der Waals surface area (Å²) in [6, 6.07) is 13.1. The first kappa shape index (κ1) is 15.8. The quantitative estimate of drug-likeness (QED) is 0.762. The fourth-order valence-electron chi connectivity index (χ4n) is 2.65. The van der Waals surface area contributed by atoms with Gasteiger partial charge >= 0.3 is 0 Å². The third-order valence-corrected chi connectivity index (χ3v) is 4.16. The van der Waals surface area contributed by atoms with Crippen LogP contribution in [0.3, 0.4) is 0 Å². The van der Waals surface area contributed by atoms with Crippen molar-refractivity contribution < 1.29 is 9.18 Å². The Morgan fingerprint density at radius 1 is 1.21 bits per heavy atom. The van der Waals surface area contributed by atoms with Gasteiger partial charge in [-0.3, -0.25) is 4.79 Å². The lowest BCUT2D eigenvalue weighted by molar-refractivity contribution is -0.120. The van der Waals surface area contributed by atoms with Gasteiger partial charge in [-0.1, -0.05) is 0 Å². The Morgan fingerprint density at radius 2 is 1.92 bits per heavy atom. The number of hydrogen-bond donors (Lipinski definition) is 2. The monoisotopic (exact) mass is 321 g/mol. The van der Waals surface area contributed by atoms with E-state index >= 15 is 0 Å². The van der Waals surface area contributed by atoms with Gasteiger partial charge in [0.25, 0.3) is 0 Å². The Labute approximate surface area is 138 Å². The zero-order valence-electron chi connectivity index (χ0n) is 13.4. The Morgan fingerprint density at radius 3 is 2.58 bits per heavy atom. The number of aromatic nitrogens is 1. The van der Waals surface area contributed by atoms with Crippen LogP contribution in [0.5, 0.6) is 0 Å². The van der Waals surface area contributed by atoms with Gasteiger partial charge in [-0.15, -0.1) is 0 Å². The standard InChI is InChI=1S/C19H16FN3O/c1-19(2,16-11-22-17-8-5-13(20)9-15(16)17)18(24)23-14-6-3-12(10-21)4-7-14/h3-9,11,22H,1-2H3,(H,23,24). The molecule has 2 aromatic carbocycles. The molecule has 2 N–H and O–H groups in total. The molecule has 0 saturated heterocycles. The second-order valence-corrected chi connectivity index (χ2v) is 6.16. The van der Waals surface area contributed by atoms with Crippen molar-refractivity contribution in [2.75, 3.05) is 5.32 Å². The number of benzene rings is 2. The zero-order valence-corrected chi connectivity index (χ0v) is 13.4. The minimum absolute atomic E-state index is 0.211. The first-order valence-corrected chi connectivity index (χ1v) is 7.50. The lowest BCUT2D eigenvalue weighted by atomic mass is 9.83. The van der Waals surface area contributed by atoms with Gasteiger partial charge in [0.15, 0.2) is 0 Å². The van der Waals surface area contributed by atoms with Crippen molar-refractivity contribution in [3.63, 3.8) is 0 Å². The van der Waals surface area contributed by atoms with Crippen LogP contribution in [0, 0.1) is 17.1 Å². The number of hydrogen-bond acceptors (Lipinski definition) is 2. The summed E-state index contributed by atoms with van der Waals surface area (Å²) in [5.41, 5.74) is 1.78. The Hall–Kier alpha value is -3.13. The smallest absolute Gasteiger partial charge is 0.234 e. The van der Waals surface area contributed by atoms with E-state index in [-0.39, 0.29) is 11.7 Å². The third kappa shape index (κ3) is 2.74. The molecule has 1 heterocycles. The number of halogens is 1. The molecule has 1 aromatic heterocycles. The lowest BCUT2D eigenvalue weighted by Crippen LogP contribution is -2.34. The highest BCUT2D eigenvalue weighted by atomic mass is 19.1. The minimum atomic E-state index is -0.861. The summed E-state index contributed by atoms with van der Waals surface area (Å²) >= 11 is 0.